The standard InChI is InChI=1S/C11H18N2OS/c1-2-5-13(7-9-3-4-9)11-12-6-10(8-14)15-11/h6,9,14H,2-5,7-8H2,1H3. The van der Waals surface area contributed by atoms with Gasteiger partial charge < -0.3 is 10.0 Å². The van der Waals surface area contributed by atoms with Gasteiger partial charge in [-0.3, -0.25) is 0 Å². The molecule has 84 valence electrons. The van der Waals surface area contributed by atoms with Crippen LogP contribution in [-0.2, 0) is 6.61 Å². The number of aromatic nitrogens is 1. The molecule has 0 aliphatic heterocycles. The Balaban J connectivity index is 2.00. The van der Waals surface area contributed by atoms with Crippen LogP contribution in [0.4, 0.5) is 5.13 Å². The van der Waals surface area contributed by atoms with E-state index < -0.39 is 0 Å². The van der Waals surface area contributed by atoms with Crippen molar-refractivity contribution < 1.29 is 5.11 Å². The molecule has 1 aliphatic carbocycles. The van der Waals surface area contributed by atoms with Crippen LogP contribution in [0.5, 0.6) is 0 Å². The second kappa shape index (κ2) is 4.94. The number of rotatable bonds is 6. The van der Waals surface area contributed by atoms with Gasteiger partial charge in [0.15, 0.2) is 5.13 Å². The van der Waals surface area contributed by atoms with Crippen molar-refractivity contribution >= 4 is 16.5 Å². The van der Waals surface area contributed by atoms with Crippen LogP contribution in [0.2, 0.25) is 0 Å². The van der Waals surface area contributed by atoms with E-state index in [2.05, 4.69) is 16.8 Å². The fourth-order valence-electron chi connectivity index (χ4n) is 1.66. The van der Waals surface area contributed by atoms with E-state index in [-0.39, 0.29) is 6.61 Å². The lowest BCUT2D eigenvalue weighted by molar-refractivity contribution is 0.285. The number of aliphatic hydroxyl groups excluding tert-OH is 1. The summed E-state index contributed by atoms with van der Waals surface area (Å²) in [6.45, 7) is 4.53. The topological polar surface area (TPSA) is 36.4 Å². The van der Waals surface area contributed by atoms with Crippen LogP contribution in [-0.4, -0.2) is 23.2 Å². The molecule has 0 amide bonds. The molecule has 0 saturated heterocycles. The van der Waals surface area contributed by atoms with Crippen molar-refractivity contribution in [3.63, 3.8) is 0 Å². The molecule has 0 unspecified atom stereocenters. The molecule has 4 heteroatoms. The van der Waals surface area contributed by atoms with Crippen molar-refractivity contribution in [1.82, 2.24) is 4.98 Å². The van der Waals surface area contributed by atoms with E-state index in [9.17, 15) is 0 Å². The third-order valence-electron chi connectivity index (χ3n) is 2.64. The van der Waals surface area contributed by atoms with Crippen molar-refractivity contribution in [3.05, 3.63) is 11.1 Å². The Kier molecular flexibility index (Phi) is 3.59. The average Bonchev–Trinajstić information content (AvgIpc) is 2.94. The van der Waals surface area contributed by atoms with Gasteiger partial charge in [0.05, 0.1) is 11.5 Å². The summed E-state index contributed by atoms with van der Waals surface area (Å²) >= 11 is 1.62. The maximum atomic E-state index is 9.01. The van der Waals surface area contributed by atoms with Gasteiger partial charge in [0.2, 0.25) is 0 Å². The summed E-state index contributed by atoms with van der Waals surface area (Å²) in [5.41, 5.74) is 0. The van der Waals surface area contributed by atoms with Gasteiger partial charge in [0.25, 0.3) is 0 Å². The Hall–Kier alpha value is -0.610. The van der Waals surface area contributed by atoms with Crippen LogP contribution in [0, 0.1) is 5.92 Å². The van der Waals surface area contributed by atoms with Gasteiger partial charge in [-0.05, 0) is 25.2 Å². The van der Waals surface area contributed by atoms with Gasteiger partial charge >= 0.3 is 0 Å². The molecular weight excluding hydrogens is 208 g/mol. The third kappa shape index (κ3) is 2.92. The lowest BCUT2D eigenvalue weighted by atomic mass is 10.3. The average molecular weight is 226 g/mol. The van der Waals surface area contributed by atoms with Crippen molar-refractivity contribution in [2.45, 2.75) is 32.8 Å². The van der Waals surface area contributed by atoms with Gasteiger partial charge in [-0.1, -0.05) is 18.3 Å². The van der Waals surface area contributed by atoms with Gasteiger partial charge in [-0.25, -0.2) is 4.98 Å². The maximum absolute atomic E-state index is 9.01. The lowest BCUT2D eigenvalue weighted by Gasteiger charge is -2.20. The first-order valence-electron chi connectivity index (χ1n) is 5.64. The van der Waals surface area contributed by atoms with Crippen LogP contribution in [0.15, 0.2) is 6.20 Å². The first-order valence-corrected chi connectivity index (χ1v) is 6.45. The molecule has 1 heterocycles. The second-order valence-corrected chi connectivity index (χ2v) is 5.25. The quantitative estimate of drug-likeness (QED) is 0.808. The molecule has 0 spiro atoms. The van der Waals surface area contributed by atoms with E-state index in [4.69, 9.17) is 5.11 Å². The Morgan fingerprint density at radius 3 is 2.93 bits per heavy atom. The van der Waals surface area contributed by atoms with Gasteiger partial charge in [0.1, 0.15) is 0 Å². The molecule has 2 rings (SSSR count). The number of hydrogen-bond acceptors (Lipinski definition) is 4. The van der Waals surface area contributed by atoms with Gasteiger partial charge in [-0.15, -0.1) is 0 Å². The molecule has 0 bridgehead atoms. The Morgan fingerprint density at radius 2 is 2.40 bits per heavy atom. The highest BCUT2D eigenvalue weighted by molar-refractivity contribution is 7.15. The molecule has 1 fully saturated rings. The monoisotopic (exact) mass is 226 g/mol. The second-order valence-electron chi connectivity index (χ2n) is 4.16. The van der Waals surface area contributed by atoms with E-state index in [0.29, 0.717) is 0 Å². The van der Waals surface area contributed by atoms with Crippen molar-refractivity contribution in [3.8, 4) is 0 Å². The molecule has 1 aromatic rings. The Labute approximate surface area is 94.8 Å². The number of aliphatic hydroxyl groups is 1. The minimum Gasteiger partial charge on any atom is -0.391 e. The number of nitrogens with zero attached hydrogens (tertiary/aromatic N) is 2. The van der Waals surface area contributed by atoms with Crippen molar-refractivity contribution in [1.29, 1.82) is 0 Å². The predicted molar refractivity (Wildman–Crippen MR) is 63.3 cm³/mol. The predicted octanol–water partition coefficient (Wildman–Crippen LogP) is 2.26. The molecule has 1 saturated carbocycles. The molecule has 0 atom stereocenters. The van der Waals surface area contributed by atoms with E-state index >= 15 is 0 Å². The lowest BCUT2D eigenvalue weighted by Crippen LogP contribution is -2.26. The molecular formula is C11H18N2OS. The minimum atomic E-state index is 0.112. The molecule has 1 aliphatic rings. The highest BCUT2D eigenvalue weighted by atomic mass is 32.1. The van der Waals surface area contributed by atoms with E-state index in [1.54, 1.807) is 17.5 Å². The van der Waals surface area contributed by atoms with Crippen molar-refractivity contribution in [2.24, 2.45) is 5.92 Å². The molecule has 15 heavy (non-hydrogen) atoms. The molecule has 1 N–H and O–H groups in total. The zero-order valence-corrected chi connectivity index (χ0v) is 9.96. The fraction of sp³-hybridized carbons (Fsp3) is 0.727. The van der Waals surface area contributed by atoms with E-state index in [1.807, 2.05) is 0 Å². The zero-order valence-electron chi connectivity index (χ0n) is 9.15. The fourth-order valence-corrected chi connectivity index (χ4v) is 2.47. The first-order chi connectivity index (χ1) is 7.33. The molecule has 0 radical (unpaired) electrons. The SMILES string of the molecule is CCCN(CC1CC1)c1ncc(CO)s1. The highest BCUT2D eigenvalue weighted by Gasteiger charge is 2.25. The minimum absolute atomic E-state index is 0.112. The summed E-state index contributed by atoms with van der Waals surface area (Å²) in [6, 6.07) is 0. The molecule has 1 aromatic heterocycles. The highest BCUT2D eigenvalue weighted by Crippen LogP contribution is 2.32. The summed E-state index contributed by atoms with van der Waals surface area (Å²) < 4.78 is 0. The van der Waals surface area contributed by atoms with Crippen LogP contribution in [0.3, 0.4) is 0 Å². The summed E-state index contributed by atoms with van der Waals surface area (Å²) in [7, 11) is 0. The smallest absolute Gasteiger partial charge is 0.185 e. The van der Waals surface area contributed by atoms with Crippen LogP contribution >= 0.6 is 11.3 Å². The summed E-state index contributed by atoms with van der Waals surface area (Å²) in [6.07, 6.45) is 5.69. The maximum Gasteiger partial charge on any atom is 0.185 e. The third-order valence-corrected chi connectivity index (χ3v) is 3.68. The van der Waals surface area contributed by atoms with Crippen LogP contribution in [0.25, 0.3) is 0 Å². The number of hydrogen-bond donors (Lipinski definition) is 1. The molecule has 3 nitrogen and oxygen atoms in total. The van der Waals surface area contributed by atoms with Crippen LogP contribution in [0.1, 0.15) is 31.1 Å². The first kappa shape index (κ1) is 10.9. The van der Waals surface area contributed by atoms with E-state index in [0.717, 1.165) is 35.4 Å². The Morgan fingerprint density at radius 1 is 1.60 bits per heavy atom. The summed E-state index contributed by atoms with van der Waals surface area (Å²) in [5.74, 6) is 0.887. The van der Waals surface area contributed by atoms with E-state index in [1.165, 1.54) is 12.8 Å². The van der Waals surface area contributed by atoms with Crippen LogP contribution < -0.4 is 4.90 Å². The largest absolute Gasteiger partial charge is 0.391 e. The normalized spacial score (nSPS) is 15.6. The zero-order chi connectivity index (χ0) is 10.7. The molecule has 0 aromatic carbocycles. The number of anilines is 1. The summed E-state index contributed by atoms with van der Waals surface area (Å²) in [4.78, 5) is 7.69. The summed E-state index contributed by atoms with van der Waals surface area (Å²) in [5, 5.41) is 10.1. The van der Waals surface area contributed by atoms with Gasteiger partial charge in [-0.2, -0.15) is 0 Å². The van der Waals surface area contributed by atoms with Gasteiger partial charge in [0, 0.05) is 19.3 Å². The number of thiazole rings is 1. The Bertz CT molecular complexity index is 309. The van der Waals surface area contributed by atoms with Crippen molar-refractivity contribution in [2.75, 3.05) is 18.0 Å².